The van der Waals surface area contributed by atoms with Crippen LogP contribution in [0.2, 0.25) is 0 Å². The Balaban J connectivity index is 2.72. The van der Waals surface area contributed by atoms with Crippen molar-refractivity contribution in [2.45, 2.75) is 39.2 Å². The van der Waals surface area contributed by atoms with Crippen molar-refractivity contribution < 1.29 is 29.3 Å². The Morgan fingerprint density at radius 2 is 1.95 bits per heavy atom. The van der Waals surface area contributed by atoms with Gasteiger partial charge in [0.15, 0.2) is 0 Å². The van der Waals surface area contributed by atoms with E-state index in [2.05, 4.69) is 5.32 Å². The van der Waals surface area contributed by atoms with E-state index in [1.165, 1.54) is 4.90 Å². The zero-order chi connectivity index (χ0) is 17.0. The lowest BCUT2D eigenvalue weighted by molar-refractivity contribution is -0.151. The van der Waals surface area contributed by atoms with Crippen LogP contribution in [-0.2, 0) is 14.3 Å². The lowest BCUT2D eigenvalue weighted by Crippen LogP contribution is -2.42. The van der Waals surface area contributed by atoms with E-state index in [-0.39, 0.29) is 39.1 Å². The normalized spacial score (nSPS) is 21.5. The van der Waals surface area contributed by atoms with Gasteiger partial charge < -0.3 is 25.2 Å². The zero-order valence-electron chi connectivity index (χ0n) is 13.2. The summed E-state index contributed by atoms with van der Waals surface area (Å²) in [5, 5.41) is 20.6. The molecule has 1 atom stereocenters. The monoisotopic (exact) mass is 316 g/mol. The predicted octanol–water partition coefficient (Wildman–Crippen LogP) is 0.197. The van der Waals surface area contributed by atoms with Crippen molar-refractivity contribution in [1.82, 2.24) is 10.2 Å². The molecule has 1 heterocycles. The number of nitrogens with zero attached hydrogens (tertiary/aromatic N) is 1. The third-order valence-electron chi connectivity index (χ3n) is 3.39. The highest BCUT2D eigenvalue weighted by Crippen LogP contribution is 2.35. The van der Waals surface area contributed by atoms with Gasteiger partial charge in [0, 0.05) is 26.1 Å². The molecule has 1 fully saturated rings. The van der Waals surface area contributed by atoms with Crippen LogP contribution in [0.3, 0.4) is 0 Å². The van der Waals surface area contributed by atoms with Crippen LogP contribution in [0.5, 0.6) is 0 Å². The van der Waals surface area contributed by atoms with E-state index in [0.717, 1.165) is 0 Å². The van der Waals surface area contributed by atoms with Gasteiger partial charge in [0.05, 0.1) is 12.0 Å². The number of aliphatic hydroxyl groups excluding tert-OH is 1. The van der Waals surface area contributed by atoms with Gasteiger partial charge in [-0.25, -0.2) is 4.79 Å². The van der Waals surface area contributed by atoms with E-state index in [1.807, 2.05) is 0 Å². The zero-order valence-corrected chi connectivity index (χ0v) is 13.2. The molecular weight excluding hydrogens is 292 g/mol. The summed E-state index contributed by atoms with van der Waals surface area (Å²) in [6.07, 6.45) is -0.623. The lowest BCUT2D eigenvalue weighted by atomic mass is 9.83. The first-order chi connectivity index (χ1) is 10.1. The van der Waals surface area contributed by atoms with Crippen LogP contribution in [0.25, 0.3) is 0 Å². The molecule has 3 N–H and O–H groups in total. The van der Waals surface area contributed by atoms with Gasteiger partial charge in [0.25, 0.3) is 0 Å². The summed E-state index contributed by atoms with van der Waals surface area (Å²) in [4.78, 5) is 36.7. The van der Waals surface area contributed by atoms with Gasteiger partial charge in [-0.3, -0.25) is 9.59 Å². The molecule has 22 heavy (non-hydrogen) atoms. The smallest absolute Gasteiger partial charge is 0.410 e. The van der Waals surface area contributed by atoms with Gasteiger partial charge in [-0.15, -0.1) is 0 Å². The highest BCUT2D eigenvalue weighted by Gasteiger charge is 2.48. The minimum absolute atomic E-state index is 0.0657. The van der Waals surface area contributed by atoms with E-state index in [4.69, 9.17) is 9.84 Å². The summed E-state index contributed by atoms with van der Waals surface area (Å²) >= 11 is 0. The molecule has 0 aromatic rings. The molecule has 8 heteroatoms. The highest BCUT2D eigenvalue weighted by molar-refractivity contribution is 5.86. The summed E-state index contributed by atoms with van der Waals surface area (Å²) in [5.41, 5.74) is -1.97. The van der Waals surface area contributed by atoms with Crippen molar-refractivity contribution in [3.05, 3.63) is 0 Å². The van der Waals surface area contributed by atoms with E-state index in [0.29, 0.717) is 0 Å². The Bertz CT molecular complexity index is 445. The molecule has 0 bridgehead atoms. The van der Waals surface area contributed by atoms with E-state index in [1.54, 1.807) is 20.8 Å². The number of carbonyl (C=O) groups excluding carboxylic acids is 2. The van der Waals surface area contributed by atoms with Crippen molar-refractivity contribution in [2.24, 2.45) is 5.41 Å². The second-order valence-corrected chi connectivity index (χ2v) is 6.49. The molecule has 0 spiro atoms. The van der Waals surface area contributed by atoms with Crippen molar-refractivity contribution >= 4 is 18.0 Å². The fourth-order valence-electron chi connectivity index (χ4n) is 2.31. The number of likely N-dealkylation sites (tertiary alicyclic amines) is 1. The summed E-state index contributed by atoms with van der Waals surface area (Å²) in [6, 6.07) is 0. The second kappa shape index (κ2) is 6.95. The SMILES string of the molecule is CC(C)(C)OC(=O)N1CCC(CC(=O)NCCO)(C(=O)O)C1. The van der Waals surface area contributed by atoms with E-state index < -0.39 is 29.0 Å². The molecule has 2 amide bonds. The van der Waals surface area contributed by atoms with Crippen molar-refractivity contribution in [2.75, 3.05) is 26.2 Å². The van der Waals surface area contributed by atoms with Gasteiger partial charge >= 0.3 is 12.1 Å². The van der Waals surface area contributed by atoms with Gasteiger partial charge in [-0.1, -0.05) is 0 Å². The Morgan fingerprint density at radius 1 is 1.32 bits per heavy atom. The van der Waals surface area contributed by atoms with Crippen LogP contribution in [-0.4, -0.2) is 64.9 Å². The molecular formula is C14H24N2O6. The maximum atomic E-state index is 12.0. The van der Waals surface area contributed by atoms with Crippen LogP contribution in [0.4, 0.5) is 4.79 Å². The Morgan fingerprint density at radius 3 is 2.45 bits per heavy atom. The number of carboxylic acids is 1. The molecule has 1 unspecified atom stereocenters. The number of hydrogen-bond donors (Lipinski definition) is 3. The van der Waals surface area contributed by atoms with Gasteiger partial charge in [-0.05, 0) is 27.2 Å². The van der Waals surface area contributed by atoms with E-state index >= 15 is 0 Å². The van der Waals surface area contributed by atoms with Crippen molar-refractivity contribution in [3.63, 3.8) is 0 Å². The fourth-order valence-corrected chi connectivity index (χ4v) is 2.31. The molecule has 0 saturated carbocycles. The topological polar surface area (TPSA) is 116 Å². The number of aliphatic carboxylic acids is 1. The summed E-state index contributed by atoms with van der Waals surface area (Å²) < 4.78 is 5.23. The maximum absolute atomic E-state index is 12.0. The Labute approximate surface area is 129 Å². The number of rotatable bonds is 5. The van der Waals surface area contributed by atoms with Crippen molar-refractivity contribution in [3.8, 4) is 0 Å². The minimum Gasteiger partial charge on any atom is -0.481 e. The second-order valence-electron chi connectivity index (χ2n) is 6.49. The van der Waals surface area contributed by atoms with Crippen LogP contribution < -0.4 is 5.32 Å². The van der Waals surface area contributed by atoms with Crippen LogP contribution >= 0.6 is 0 Å². The summed E-state index contributed by atoms with van der Waals surface area (Å²) in [7, 11) is 0. The van der Waals surface area contributed by atoms with Gasteiger partial charge in [0.1, 0.15) is 5.60 Å². The number of carboxylic acid groups (broad SMARTS) is 1. The van der Waals surface area contributed by atoms with Gasteiger partial charge in [0.2, 0.25) is 5.91 Å². The van der Waals surface area contributed by atoms with Crippen LogP contribution in [0.1, 0.15) is 33.6 Å². The first kappa shape index (κ1) is 18.2. The largest absolute Gasteiger partial charge is 0.481 e. The first-order valence-electron chi connectivity index (χ1n) is 7.18. The number of aliphatic hydroxyl groups is 1. The number of nitrogens with one attached hydrogen (secondary N) is 1. The molecule has 1 saturated heterocycles. The lowest BCUT2D eigenvalue weighted by Gasteiger charge is -2.26. The third-order valence-corrected chi connectivity index (χ3v) is 3.39. The maximum Gasteiger partial charge on any atom is 0.410 e. The fraction of sp³-hybridized carbons (Fsp3) is 0.786. The predicted molar refractivity (Wildman–Crippen MR) is 77.2 cm³/mol. The number of hydrogen-bond acceptors (Lipinski definition) is 5. The number of ether oxygens (including phenoxy) is 1. The summed E-state index contributed by atoms with van der Waals surface area (Å²) in [6.45, 7) is 5.22. The molecule has 0 radical (unpaired) electrons. The third kappa shape index (κ3) is 4.87. The number of carbonyl (C=O) groups is 3. The Hall–Kier alpha value is -1.83. The Kier molecular flexibility index (Phi) is 5.76. The molecule has 1 aliphatic heterocycles. The first-order valence-corrected chi connectivity index (χ1v) is 7.18. The van der Waals surface area contributed by atoms with Gasteiger partial charge in [-0.2, -0.15) is 0 Å². The molecule has 1 aliphatic rings. The molecule has 0 aliphatic carbocycles. The van der Waals surface area contributed by atoms with E-state index in [9.17, 15) is 19.5 Å². The number of amides is 2. The average Bonchev–Trinajstić information content (AvgIpc) is 2.80. The van der Waals surface area contributed by atoms with Crippen LogP contribution in [0, 0.1) is 5.41 Å². The molecule has 0 aromatic heterocycles. The standard InChI is InChI=1S/C14H24N2O6/c1-13(2,3)22-12(21)16-6-4-14(9-16,11(19)20)8-10(18)15-5-7-17/h17H,4-9H2,1-3H3,(H,15,18)(H,19,20). The molecule has 8 nitrogen and oxygen atoms in total. The van der Waals surface area contributed by atoms with Crippen LogP contribution in [0.15, 0.2) is 0 Å². The molecule has 126 valence electrons. The summed E-state index contributed by atoms with van der Waals surface area (Å²) in [5.74, 6) is -1.57. The quantitative estimate of drug-likeness (QED) is 0.667. The highest BCUT2D eigenvalue weighted by atomic mass is 16.6. The molecule has 1 rings (SSSR count). The minimum atomic E-state index is -1.31. The molecule has 0 aromatic carbocycles. The average molecular weight is 316 g/mol. The van der Waals surface area contributed by atoms with Crippen molar-refractivity contribution in [1.29, 1.82) is 0 Å².